The molecule has 0 amide bonds. The third kappa shape index (κ3) is 4.70. The summed E-state index contributed by atoms with van der Waals surface area (Å²) in [4.78, 5) is 4.03. The molecule has 172 valence electrons. The Balaban J connectivity index is 1.48. The molecule has 0 radical (unpaired) electrons. The van der Waals surface area contributed by atoms with E-state index in [0.29, 0.717) is 23.9 Å². The van der Waals surface area contributed by atoms with Gasteiger partial charge in [-0.1, -0.05) is 60.7 Å². The highest BCUT2D eigenvalue weighted by atomic mass is 32.2. The van der Waals surface area contributed by atoms with Crippen molar-refractivity contribution in [2.75, 3.05) is 26.5 Å². The molecule has 3 fully saturated rings. The molecule has 3 aliphatic heterocycles. The Morgan fingerprint density at radius 2 is 1.58 bits per heavy atom. The van der Waals surface area contributed by atoms with Crippen molar-refractivity contribution in [3.63, 3.8) is 0 Å². The second-order valence-corrected chi connectivity index (χ2v) is 10.1. The Morgan fingerprint density at radius 1 is 0.939 bits per heavy atom. The summed E-state index contributed by atoms with van der Waals surface area (Å²) >= 11 is 1.78. The van der Waals surface area contributed by atoms with Crippen LogP contribution in [-0.4, -0.2) is 43.4 Å². The van der Waals surface area contributed by atoms with Crippen LogP contribution in [0.1, 0.15) is 35.4 Å². The smallest absolute Gasteiger partial charge is 0.123 e. The van der Waals surface area contributed by atoms with Gasteiger partial charge in [-0.2, -0.15) is 0 Å². The van der Waals surface area contributed by atoms with E-state index in [2.05, 4.69) is 95.3 Å². The number of methoxy groups -OCH3 is 1. The highest BCUT2D eigenvalue weighted by molar-refractivity contribution is 7.98. The number of nitrogens with zero attached hydrogens (tertiary/aromatic N) is 1. The first-order chi connectivity index (χ1) is 16.3. The number of fused-ring (bicyclic) bond motifs is 3. The van der Waals surface area contributed by atoms with E-state index in [0.717, 1.165) is 12.3 Å². The van der Waals surface area contributed by atoms with Crippen LogP contribution in [0.2, 0.25) is 0 Å². The number of thioether (sulfide) groups is 1. The molecule has 0 saturated carbocycles. The molecular weight excluding hydrogens is 424 g/mol. The summed E-state index contributed by atoms with van der Waals surface area (Å²) < 4.78 is 5.70. The molecule has 0 aromatic heterocycles. The first kappa shape index (κ1) is 22.5. The lowest BCUT2D eigenvalue weighted by Gasteiger charge is -2.54. The van der Waals surface area contributed by atoms with Crippen molar-refractivity contribution in [1.29, 1.82) is 0 Å². The maximum absolute atomic E-state index is 5.70. The summed E-state index contributed by atoms with van der Waals surface area (Å²) in [5, 5.41) is 4.03. The number of benzene rings is 3. The number of rotatable bonds is 8. The summed E-state index contributed by atoms with van der Waals surface area (Å²) in [5.41, 5.74) is 4.07. The largest absolute Gasteiger partial charge is 0.496 e. The number of hydrogen-bond donors (Lipinski definition) is 1. The van der Waals surface area contributed by atoms with E-state index in [1.807, 2.05) is 0 Å². The van der Waals surface area contributed by atoms with Gasteiger partial charge in [0, 0.05) is 35.0 Å². The maximum atomic E-state index is 5.70. The second-order valence-electron chi connectivity index (χ2n) is 9.25. The molecule has 1 N–H and O–H groups in total. The predicted molar refractivity (Wildman–Crippen MR) is 138 cm³/mol. The summed E-state index contributed by atoms with van der Waals surface area (Å²) in [6, 6.07) is 29.6. The van der Waals surface area contributed by atoms with Gasteiger partial charge in [-0.3, -0.25) is 4.90 Å². The molecule has 3 saturated heterocycles. The number of ether oxygens (including phenoxy) is 1. The van der Waals surface area contributed by atoms with Gasteiger partial charge in [0.1, 0.15) is 5.75 Å². The van der Waals surface area contributed by atoms with Crippen LogP contribution < -0.4 is 10.1 Å². The van der Waals surface area contributed by atoms with E-state index in [1.54, 1.807) is 18.9 Å². The van der Waals surface area contributed by atoms with Gasteiger partial charge in [0.05, 0.1) is 7.11 Å². The highest BCUT2D eigenvalue weighted by Crippen LogP contribution is 2.42. The molecule has 4 heteroatoms. The zero-order valence-corrected chi connectivity index (χ0v) is 20.4. The first-order valence-electron chi connectivity index (χ1n) is 12.1. The fourth-order valence-corrected chi connectivity index (χ4v) is 6.41. The van der Waals surface area contributed by atoms with Gasteiger partial charge in [-0.05, 0) is 67.4 Å². The molecule has 2 unspecified atom stereocenters. The number of nitrogens with one attached hydrogen (secondary N) is 1. The van der Waals surface area contributed by atoms with Crippen LogP contribution in [0.15, 0.2) is 83.8 Å². The lowest BCUT2D eigenvalue weighted by Crippen LogP contribution is -2.64. The number of hydrogen-bond acceptors (Lipinski definition) is 4. The molecular formula is C29H34N2OS. The SMILES string of the molecule is COc1ccc(SC)cc1CNC1C2CCN(CC2)C1C(c1ccccc1)c1ccccc1. The molecule has 2 bridgehead atoms. The van der Waals surface area contributed by atoms with Gasteiger partial charge in [0.25, 0.3) is 0 Å². The fourth-order valence-electron chi connectivity index (χ4n) is 5.94. The van der Waals surface area contributed by atoms with Crippen molar-refractivity contribution < 1.29 is 4.74 Å². The topological polar surface area (TPSA) is 24.5 Å². The quantitative estimate of drug-likeness (QED) is 0.431. The molecule has 3 aliphatic rings. The lowest BCUT2D eigenvalue weighted by molar-refractivity contribution is 0.00461. The van der Waals surface area contributed by atoms with Crippen molar-refractivity contribution in [1.82, 2.24) is 10.2 Å². The van der Waals surface area contributed by atoms with Crippen LogP contribution in [0.4, 0.5) is 0 Å². The molecule has 6 rings (SSSR count). The van der Waals surface area contributed by atoms with E-state index in [4.69, 9.17) is 4.74 Å². The van der Waals surface area contributed by atoms with Gasteiger partial charge in [0.2, 0.25) is 0 Å². The molecule has 3 nitrogen and oxygen atoms in total. The van der Waals surface area contributed by atoms with Crippen molar-refractivity contribution in [2.24, 2.45) is 5.92 Å². The van der Waals surface area contributed by atoms with Crippen molar-refractivity contribution in [3.05, 3.63) is 95.6 Å². The minimum atomic E-state index is 0.354. The van der Waals surface area contributed by atoms with Gasteiger partial charge >= 0.3 is 0 Å². The van der Waals surface area contributed by atoms with Gasteiger partial charge in [0.15, 0.2) is 0 Å². The monoisotopic (exact) mass is 458 g/mol. The van der Waals surface area contributed by atoms with Crippen molar-refractivity contribution >= 4 is 11.8 Å². The zero-order chi connectivity index (χ0) is 22.6. The van der Waals surface area contributed by atoms with Crippen molar-refractivity contribution in [2.45, 2.75) is 42.3 Å². The maximum Gasteiger partial charge on any atom is 0.123 e. The Morgan fingerprint density at radius 3 is 2.15 bits per heavy atom. The van der Waals surface area contributed by atoms with Crippen LogP contribution in [0.3, 0.4) is 0 Å². The van der Waals surface area contributed by atoms with Gasteiger partial charge in [-0.15, -0.1) is 11.8 Å². The normalized spacial score (nSPS) is 24.2. The van der Waals surface area contributed by atoms with Crippen LogP contribution in [0, 0.1) is 5.92 Å². The molecule has 2 atom stereocenters. The average molecular weight is 459 g/mol. The molecule has 33 heavy (non-hydrogen) atoms. The Hall–Kier alpha value is -2.27. The third-order valence-electron chi connectivity index (χ3n) is 7.55. The van der Waals surface area contributed by atoms with Gasteiger partial charge < -0.3 is 10.1 Å². The second kappa shape index (κ2) is 10.3. The van der Waals surface area contributed by atoms with Crippen LogP contribution in [0.5, 0.6) is 5.75 Å². The Labute approximate surface area is 202 Å². The van der Waals surface area contributed by atoms with Crippen LogP contribution in [0.25, 0.3) is 0 Å². The Bertz CT molecular complexity index is 995. The highest BCUT2D eigenvalue weighted by Gasteiger charge is 2.46. The molecule has 0 aliphatic carbocycles. The number of piperidine rings is 3. The summed E-state index contributed by atoms with van der Waals surface area (Å²) in [6.45, 7) is 3.24. The lowest BCUT2D eigenvalue weighted by atomic mass is 9.70. The molecule has 3 aromatic carbocycles. The zero-order valence-electron chi connectivity index (χ0n) is 19.6. The predicted octanol–water partition coefficient (Wildman–Crippen LogP) is 5.80. The van der Waals surface area contributed by atoms with E-state index in [1.165, 1.54) is 47.5 Å². The third-order valence-corrected chi connectivity index (χ3v) is 8.27. The molecule has 3 heterocycles. The van der Waals surface area contributed by atoms with E-state index in [-0.39, 0.29) is 0 Å². The first-order valence-corrected chi connectivity index (χ1v) is 13.3. The van der Waals surface area contributed by atoms with E-state index in [9.17, 15) is 0 Å². The minimum absolute atomic E-state index is 0.354. The van der Waals surface area contributed by atoms with E-state index >= 15 is 0 Å². The summed E-state index contributed by atoms with van der Waals surface area (Å²) in [7, 11) is 1.77. The summed E-state index contributed by atoms with van der Waals surface area (Å²) in [5.74, 6) is 2.04. The van der Waals surface area contributed by atoms with Crippen LogP contribution >= 0.6 is 11.8 Å². The van der Waals surface area contributed by atoms with Crippen LogP contribution in [-0.2, 0) is 6.54 Å². The summed E-state index contributed by atoms with van der Waals surface area (Å²) in [6.07, 6.45) is 4.70. The standard InChI is InChI=1S/C29H34N2OS/c1-32-26-14-13-25(33-2)19-24(26)20-30-28-23-15-17-31(18-16-23)29(28)27(21-9-5-3-6-10-21)22-11-7-4-8-12-22/h3-14,19,23,27-30H,15-18,20H2,1-2H3. The van der Waals surface area contributed by atoms with E-state index < -0.39 is 0 Å². The minimum Gasteiger partial charge on any atom is -0.496 e. The van der Waals surface area contributed by atoms with Gasteiger partial charge in [-0.25, -0.2) is 0 Å². The Kier molecular flexibility index (Phi) is 7.05. The van der Waals surface area contributed by atoms with Crippen molar-refractivity contribution in [3.8, 4) is 5.75 Å². The molecule has 0 spiro atoms. The fraction of sp³-hybridized carbons (Fsp3) is 0.379. The average Bonchev–Trinajstić information content (AvgIpc) is 2.90. The molecule has 3 aromatic rings.